The van der Waals surface area contributed by atoms with Crippen LogP contribution in [0.25, 0.3) is 11.1 Å². The van der Waals surface area contributed by atoms with E-state index in [4.69, 9.17) is 10.5 Å². The Morgan fingerprint density at radius 3 is 2.39 bits per heavy atom. The molecule has 2 aliphatic rings. The molecule has 0 bridgehead atoms. The Hall–Kier alpha value is -3.86. The molecule has 0 radical (unpaired) electrons. The first-order valence-corrected chi connectivity index (χ1v) is 17.3. The second-order valence-corrected chi connectivity index (χ2v) is 15.1. The van der Waals surface area contributed by atoms with Crippen LogP contribution in [0.3, 0.4) is 0 Å². The zero-order chi connectivity index (χ0) is 35.5. The van der Waals surface area contributed by atoms with Crippen LogP contribution in [0.2, 0.25) is 0 Å². The second-order valence-electron chi connectivity index (χ2n) is 15.1. The molecular weight excluding hydrogens is 623 g/mol. The molecule has 2 aliphatic carbocycles. The van der Waals surface area contributed by atoms with Gasteiger partial charge in [0.25, 0.3) is 0 Å². The highest BCUT2D eigenvalue weighted by molar-refractivity contribution is 5.88. The highest BCUT2D eigenvalue weighted by atomic mass is 19.1. The van der Waals surface area contributed by atoms with Gasteiger partial charge in [0.15, 0.2) is 0 Å². The highest BCUT2D eigenvalue weighted by Crippen LogP contribution is 2.63. The summed E-state index contributed by atoms with van der Waals surface area (Å²) < 4.78 is 20.3. The maximum absolute atomic E-state index is 15.1. The molecule has 0 spiro atoms. The second kappa shape index (κ2) is 14.9. The molecule has 2 saturated carbocycles. The molecule has 6 N–H and O–H groups in total. The van der Waals surface area contributed by atoms with Crippen LogP contribution in [-0.4, -0.2) is 64.5 Å². The van der Waals surface area contributed by atoms with E-state index in [1.807, 2.05) is 58.0 Å². The van der Waals surface area contributed by atoms with Crippen molar-refractivity contribution >= 4 is 11.8 Å². The number of aliphatic hydroxyl groups excluding tert-OH is 2. The Labute approximate surface area is 288 Å². The maximum atomic E-state index is 15.1. The van der Waals surface area contributed by atoms with Gasteiger partial charge in [-0.3, -0.25) is 9.59 Å². The Kier molecular flexibility index (Phi) is 11.1. The third kappa shape index (κ3) is 8.31. The topological polar surface area (TPSA) is 147 Å². The Bertz CT molecular complexity index is 1580. The predicted octanol–water partition coefficient (Wildman–Crippen LogP) is 4.89. The van der Waals surface area contributed by atoms with Gasteiger partial charge in [0.05, 0.1) is 42.9 Å². The first kappa shape index (κ1) is 36.4. The van der Waals surface area contributed by atoms with E-state index in [0.29, 0.717) is 24.3 Å². The molecule has 9 nitrogen and oxygen atoms in total. The summed E-state index contributed by atoms with van der Waals surface area (Å²) >= 11 is 0. The van der Waals surface area contributed by atoms with E-state index in [-0.39, 0.29) is 24.7 Å². The third-order valence-corrected chi connectivity index (χ3v) is 10.6. The van der Waals surface area contributed by atoms with Crippen LogP contribution in [0.4, 0.5) is 4.39 Å². The summed E-state index contributed by atoms with van der Waals surface area (Å²) in [6.07, 6.45) is 2.83. The molecule has 1 aromatic heterocycles. The van der Waals surface area contributed by atoms with Crippen molar-refractivity contribution in [1.29, 1.82) is 0 Å². The number of aromatic nitrogens is 1. The fourth-order valence-corrected chi connectivity index (χ4v) is 7.18. The van der Waals surface area contributed by atoms with Crippen LogP contribution < -0.4 is 21.1 Å². The molecule has 2 amide bonds. The molecule has 5 rings (SSSR count). The summed E-state index contributed by atoms with van der Waals surface area (Å²) in [4.78, 5) is 31.9. The molecule has 0 aliphatic heterocycles. The van der Waals surface area contributed by atoms with Gasteiger partial charge in [0, 0.05) is 23.7 Å². The number of ether oxygens (including phenoxy) is 1. The van der Waals surface area contributed by atoms with E-state index in [1.165, 1.54) is 6.07 Å². The summed E-state index contributed by atoms with van der Waals surface area (Å²) in [5, 5.41) is 28.8. The van der Waals surface area contributed by atoms with Gasteiger partial charge < -0.3 is 31.3 Å². The molecule has 0 unspecified atom stereocenters. The molecule has 2 fully saturated rings. The average molecular weight is 675 g/mol. The molecule has 1 heterocycles. The Balaban J connectivity index is 1.42. The lowest BCUT2D eigenvalue weighted by Gasteiger charge is -2.36. The molecule has 0 saturated heterocycles. The van der Waals surface area contributed by atoms with Crippen molar-refractivity contribution in [3.8, 4) is 17.0 Å². The predicted molar refractivity (Wildman–Crippen MR) is 187 cm³/mol. The van der Waals surface area contributed by atoms with Gasteiger partial charge >= 0.3 is 0 Å². The summed E-state index contributed by atoms with van der Waals surface area (Å²) in [5.41, 5.74) is 7.81. The van der Waals surface area contributed by atoms with Gasteiger partial charge in [-0.25, -0.2) is 9.37 Å². The van der Waals surface area contributed by atoms with Crippen molar-refractivity contribution in [3.05, 3.63) is 83.8 Å². The van der Waals surface area contributed by atoms with Crippen molar-refractivity contribution in [2.45, 2.75) is 102 Å². The zero-order valence-corrected chi connectivity index (χ0v) is 29.2. The smallest absolute Gasteiger partial charge is 0.237 e. The fraction of sp³-hybridized carbons (Fsp3) is 0.513. The van der Waals surface area contributed by atoms with E-state index in [1.54, 1.807) is 37.6 Å². The van der Waals surface area contributed by atoms with Crippen molar-refractivity contribution < 1.29 is 28.9 Å². The first-order valence-electron chi connectivity index (χ1n) is 17.3. The number of carbonyl (C=O) groups excluding carboxylic acids is 2. The van der Waals surface area contributed by atoms with Crippen LogP contribution in [0.15, 0.2) is 66.9 Å². The SMILES string of the molecule is COc1ccc(-c2ccc(C[C@H](NC(=O)[C@@H](N)C(C)(C)C)[C@@H](O)C[C@]3(C(=O)N[C@H]4[C@H](C)CCC[C@H]4O)C[C@H]3c3ccccc3F)cc2)cn1. The lowest BCUT2D eigenvalue weighted by Crippen LogP contribution is -2.56. The van der Waals surface area contributed by atoms with E-state index in [9.17, 15) is 19.8 Å². The lowest BCUT2D eigenvalue weighted by molar-refractivity contribution is -0.130. The van der Waals surface area contributed by atoms with Crippen molar-refractivity contribution in [2.24, 2.45) is 22.5 Å². The maximum Gasteiger partial charge on any atom is 0.237 e. The van der Waals surface area contributed by atoms with Crippen LogP contribution in [-0.2, 0) is 16.0 Å². The van der Waals surface area contributed by atoms with Crippen LogP contribution in [0, 0.1) is 22.6 Å². The van der Waals surface area contributed by atoms with Gasteiger partial charge in [0.1, 0.15) is 5.82 Å². The minimum atomic E-state index is -1.17. The van der Waals surface area contributed by atoms with E-state index in [0.717, 1.165) is 29.5 Å². The molecular formula is C39H51FN4O5. The number of hydrogen-bond donors (Lipinski definition) is 5. The Morgan fingerprint density at radius 1 is 1.08 bits per heavy atom. The minimum Gasteiger partial charge on any atom is -0.481 e. The molecule has 2 aromatic carbocycles. The standard InChI is InChI=1S/C39H51FN4O5/c1-23-9-8-12-31(45)34(23)44-37(48)39(20-28(39)27-10-6-7-11-29(27)40)21-32(46)30(43-36(47)35(41)38(2,3)4)19-24-13-15-25(16-14-24)26-17-18-33(49-5)42-22-26/h6-7,10-11,13-18,22-23,28,30-32,34-35,45-46H,8-9,12,19-21,41H2,1-5H3,(H,43,47)(H,44,48)/t23-,28+,30+,31-,32+,34+,35-,39-/m1/s1. The molecule has 8 atom stereocenters. The summed E-state index contributed by atoms with van der Waals surface area (Å²) in [6, 6.07) is 15.8. The van der Waals surface area contributed by atoms with Crippen molar-refractivity contribution in [2.75, 3.05) is 7.11 Å². The normalized spacial score (nSPS) is 25.5. The van der Waals surface area contributed by atoms with Gasteiger partial charge in [-0.1, -0.05) is 76.6 Å². The first-order chi connectivity index (χ1) is 23.2. The fourth-order valence-electron chi connectivity index (χ4n) is 7.18. The number of aliphatic hydroxyl groups is 2. The minimum absolute atomic E-state index is 0.0136. The number of benzene rings is 2. The van der Waals surface area contributed by atoms with Gasteiger partial charge in [-0.2, -0.15) is 0 Å². The monoisotopic (exact) mass is 674 g/mol. The van der Waals surface area contributed by atoms with Gasteiger partial charge in [0.2, 0.25) is 17.7 Å². The third-order valence-electron chi connectivity index (χ3n) is 10.6. The van der Waals surface area contributed by atoms with Gasteiger partial charge in [-0.15, -0.1) is 0 Å². The number of halogens is 1. The number of rotatable bonds is 12. The summed E-state index contributed by atoms with van der Waals surface area (Å²) in [5.74, 6) is -1.00. The quantitative estimate of drug-likeness (QED) is 0.184. The number of pyridine rings is 1. The molecule has 264 valence electrons. The number of nitrogens with one attached hydrogen (secondary N) is 2. The van der Waals surface area contributed by atoms with E-state index in [2.05, 4.69) is 15.6 Å². The van der Waals surface area contributed by atoms with Crippen molar-refractivity contribution in [1.82, 2.24) is 15.6 Å². The average Bonchev–Trinajstić information content (AvgIpc) is 3.80. The number of methoxy groups -OCH3 is 1. The number of carbonyl (C=O) groups is 2. The largest absolute Gasteiger partial charge is 0.481 e. The molecule has 10 heteroatoms. The summed E-state index contributed by atoms with van der Waals surface area (Å²) in [7, 11) is 1.56. The number of amides is 2. The van der Waals surface area contributed by atoms with E-state index < -0.39 is 58.8 Å². The molecule has 3 aromatic rings. The molecule has 49 heavy (non-hydrogen) atoms. The Morgan fingerprint density at radius 2 is 1.78 bits per heavy atom. The lowest BCUT2D eigenvalue weighted by atomic mass is 9.82. The zero-order valence-electron chi connectivity index (χ0n) is 29.2. The van der Waals surface area contributed by atoms with Crippen molar-refractivity contribution in [3.63, 3.8) is 0 Å². The number of hydrogen-bond acceptors (Lipinski definition) is 7. The van der Waals surface area contributed by atoms with Crippen LogP contribution >= 0.6 is 0 Å². The summed E-state index contributed by atoms with van der Waals surface area (Å²) in [6.45, 7) is 7.63. The van der Waals surface area contributed by atoms with Crippen LogP contribution in [0.5, 0.6) is 5.88 Å². The number of nitrogens with two attached hydrogens (primary N) is 1. The highest BCUT2D eigenvalue weighted by Gasteiger charge is 2.62. The van der Waals surface area contributed by atoms with Gasteiger partial charge in [-0.05, 0) is 72.3 Å². The van der Waals surface area contributed by atoms with E-state index >= 15 is 4.39 Å². The van der Waals surface area contributed by atoms with Crippen LogP contribution in [0.1, 0.15) is 76.8 Å². The number of nitrogens with zero attached hydrogens (tertiary/aromatic N) is 1.